The maximum atomic E-state index is 11.7. The minimum absolute atomic E-state index is 0.441. The Balaban J connectivity index is 2.31. The molecule has 0 radical (unpaired) electrons. The van der Waals surface area contributed by atoms with Crippen molar-refractivity contribution < 1.29 is 9.90 Å². The highest BCUT2D eigenvalue weighted by molar-refractivity contribution is 6.30. The average Bonchev–Trinajstić information content (AvgIpc) is 2.87. The van der Waals surface area contributed by atoms with Crippen LogP contribution in [-0.4, -0.2) is 25.6 Å². The van der Waals surface area contributed by atoms with Crippen molar-refractivity contribution in [1.82, 2.24) is 14.5 Å². The number of aryl methyl sites for hydroxylation is 1. The van der Waals surface area contributed by atoms with Gasteiger partial charge in [0.1, 0.15) is 17.4 Å². The molecule has 0 amide bonds. The largest absolute Gasteiger partial charge is 0.480 e. The fraction of sp³-hybridized carbons (Fsp3) is 0.235. The Morgan fingerprint density at radius 3 is 2.65 bits per heavy atom. The van der Waals surface area contributed by atoms with Crippen molar-refractivity contribution in [3.05, 3.63) is 47.1 Å². The summed E-state index contributed by atoms with van der Waals surface area (Å²) >= 11 is 5.95. The molecule has 1 N–H and O–H groups in total. The molecule has 0 saturated carbocycles. The van der Waals surface area contributed by atoms with Gasteiger partial charge in [-0.3, -0.25) is 4.57 Å². The predicted octanol–water partition coefficient (Wildman–Crippen LogP) is 4.10. The summed E-state index contributed by atoms with van der Waals surface area (Å²) in [6.07, 6.45) is 2.16. The summed E-state index contributed by atoms with van der Waals surface area (Å²) in [5, 5.41) is 10.2. The van der Waals surface area contributed by atoms with E-state index in [0.29, 0.717) is 28.4 Å². The van der Waals surface area contributed by atoms with Gasteiger partial charge in [-0.2, -0.15) is 0 Å². The molecule has 1 unspecified atom stereocenters. The number of carboxylic acids is 1. The van der Waals surface area contributed by atoms with Crippen molar-refractivity contribution in [3.8, 4) is 11.4 Å². The fourth-order valence-corrected chi connectivity index (χ4v) is 2.77. The normalized spacial score (nSPS) is 12.5. The van der Waals surface area contributed by atoms with Crippen LogP contribution >= 0.6 is 11.6 Å². The highest BCUT2D eigenvalue weighted by Gasteiger charge is 2.25. The molecular weight excluding hydrogens is 314 g/mol. The van der Waals surface area contributed by atoms with Crippen LogP contribution in [0.15, 0.2) is 36.5 Å². The average molecular weight is 330 g/mol. The molecule has 2 aromatic heterocycles. The molecule has 1 aromatic carbocycles. The standard InChI is InChI=1S/C17H16ClN3O2/c1-3-14(17(22)23)21-15(11-4-6-12(18)7-5-11)20-13-8-10(2)9-19-16(13)21/h4-9,14H,3H2,1-2H3,(H,22,23). The summed E-state index contributed by atoms with van der Waals surface area (Å²) < 4.78 is 1.69. The Bertz CT molecular complexity index is 871. The quantitative estimate of drug-likeness (QED) is 0.782. The van der Waals surface area contributed by atoms with Crippen molar-refractivity contribution in [2.75, 3.05) is 0 Å². The molecular formula is C17H16ClN3O2. The number of fused-ring (bicyclic) bond motifs is 1. The summed E-state index contributed by atoms with van der Waals surface area (Å²) in [5.41, 5.74) is 3.06. The second-order valence-corrected chi connectivity index (χ2v) is 5.87. The second kappa shape index (κ2) is 6.01. The van der Waals surface area contributed by atoms with Gasteiger partial charge >= 0.3 is 5.97 Å². The van der Waals surface area contributed by atoms with Crippen molar-refractivity contribution in [2.24, 2.45) is 0 Å². The van der Waals surface area contributed by atoms with E-state index < -0.39 is 12.0 Å². The van der Waals surface area contributed by atoms with E-state index in [4.69, 9.17) is 11.6 Å². The van der Waals surface area contributed by atoms with Gasteiger partial charge < -0.3 is 5.11 Å². The number of carbonyl (C=O) groups is 1. The molecule has 23 heavy (non-hydrogen) atoms. The van der Waals surface area contributed by atoms with Crippen LogP contribution in [0.4, 0.5) is 0 Å². The molecule has 6 heteroatoms. The summed E-state index contributed by atoms with van der Waals surface area (Å²) in [4.78, 5) is 20.7. The molecule has 0 aliphatic heterocycles. The first-order chi connectivity index (χ1) is 11.0. The van der Waals surface area contributed by atoms with Gasteiger partial charge in [-0.15, -0.1) is 0 Å². The molecule has 5 nitrogen and oxygen atoms in total. The summed E-state index contributed by atoms with van der Waals surface area (Å²) in [6, 6.07) is 8.39. The van der Waals surface area contributed by atoms with Crippen LogP contribution in [0.5, 0.6) is 0 Å². The highest BCUT2D eigenvalue weighted by Crippen LogP contribution is 2.30. The highest BCUT2D eigenvalue weighted by atomic mass is 35.5. The Labute approximate surface area is 138 Å². The summed E-state index contributed by atoms with van der Waals surface area (Å²) in [7, 11) is 0. The number of rotatable bonds is 4. The Kier molecular flexibility index (Phi) is 4.05. The molecule has 1 atom stereocenters. The maximum Gasteiger partial charge on any atom is 0.326 e. The molecule has 0 fully saturated rings. The first-order valence-electron chi connectivity index (χ1n) is 7.34. The zero-order valence-corrected chi connectivity index (χ0v) is 13.6. The number of aliphatic carboxylic acids is 1. The van der Waals surface area contributed by atoms with Gasteiger partial charge in [0.2, 0.25) is 0 Å². The molecule has 0 bridgehead atoms. The molecule has 118 valence electrons. The molecule has 3 rings (SSSR count). The van der Waals surface area contributed by atoms with Crippen LogP contribution in [0.2, 0.25) is 5.02 Å². The Hall–Kier alpha value is -2.40. The lowest BCUT2D eigenvalue weighted by molar-refractivity contribution is -0.140. The van der Waals surface area contributed by atoms with Gasteiger partial charge in [-0.25, -0.2) is 14.8 Å². The van der Waals surface area contributed by atoms with Crippen molar-refractivity contribution in [3.63, 3.8) is 0 Å². The van der Waals surface area contributed by atoms with Gasteiger partial charge in [0.05, 0.1) is 0 Å². The summed E-state index contributed by atoms with van der Waals surface area (Å²) in [6.45, 7) is 3.77. The lowest BCUT2D eigenvalue weighted by Gasteiger charge is -2.15. The number of hydrogen-bond acceptors (Lipinski definition) is 3. The van der Waals surface area contributed by atoms with E-state index in [1.807, 2.05) is 32.0 Å². The number of carboxylic acid groups (broad SMARTS) is 1. The zero-order valence-electron chi connectivity index (χ0n) is 12.8. The zero-order chi connectivity index (χ0) is 16.6. The Morgan fingerprint density at radius 2 is 2.04 bits per heavy atom. The number of hydrogen-bond donors (Lipinski definition) is 1. The van der Waals surface area contributed by atoms with Crippen LogP contribution in [0, 0.1) is 6.92 Å². The number of pyridine rings is 1. The molecule has 0 saturated heterocycles. The number of benzene rings is 1. The third-order valence-electron chi connectivity index (χ3n) is 3.75. The lowest BCUT2D eigenvalue weighted by Crippen LogP contribution is -2.19. The summed E-state index contributed by atoms with van der Waals surface area (Å²) in [5.74, 6) is -0.312. The number of aromatic nitrogens is 3. The molecule has 2 heterocycles. The molecule has 0 aliphatic carbocycles. The number of nitrogens with zero attached hydrogens (tertiary/aromatic N) is 3. The monoisotopic (exact) mass is 329 g/mol. The van der Waals surface area contributed by atoms with Gasteiger partial charge in [-0.05, 0) is 49.2 Å². The fourth-order valence-electron chi connectivity index (χ4n) is 2.65. The van der Waals surface area contributed by atoms with E-state index in [2.05, 4.69) is 9.97 Å². The molecule has 0 spiro atoms. The van der Waals surface area contributed by atoms with E-state index in [1.54, 1.807) is 22.9 Å². The minimum Gasteiger partial charge on any atom is -0.480 e. The van der Waals surface area contributed by atoms with E-state index in [0.717, 1.165) is 11.1 Å². The van der Waals surface area contributed by atoms with Crippen LogP contribution in [0.1, 0.15) is 24.9 Å². The minimum atomic E-state index is -0.899. The van der Waals surface area contributed by atoms with Crippen molar-refractivity contribution in [2.45, 2.75) is 26.3 Å². The first-order valence-corrected chi connectivity index (χ1v) is 7.72. The predicted molar refractivity (Wildman–Crippen MR) is 89.7 cm³/mol. The maximum absolute atomic E-state index is 11.7. The van der Waals surface area contributed by atoms with Gasteiger partial charge in [0.15, 0.2) is 5.65 Å². The van der Waals surface area contributed by atoms with Gasteiger partial charge in [0, 0.05) is 16.8 Å². The van der Waals surface area contributed by atoms with Gasteiger partial charge in [-0.1, -0.05) is 18.5 Å². The van der Waals surface area contributed by atoms with Gasteiger partial charge in [0.25, 0.3) is 0 Å². The van der Waals surface area contributed by atoms with Crippen LogP contribution in [0.3, 0.4) is 0 Å². The Morgan fingerprint density at radius 1 is 1.35 bits per heavy atom. The molecule has 3 aromatic rings. The van der Waals surface area contributed by atoms with Crippen molar-refractivity contribution >= 4 is 28.7 Å². The van der Waals surface area contributed by atoms with Crippen molar-refractivity contribution in [1.29, 1.82) is 0 Å². The van der Waals surface area contributed by atoms with E-state index in [9.17, 15) is 9.90 Å². The smallest absolute Gasteiger partial charge is 0.326 e. The number of imidazole rings is 1. The van der Waals surface area contributed by atoms with E-state index >= 15 is 0 Å². The van der Waals surface area contributed by atoms with Crippen LogP contribution in [0.25, 0.3) is 22.6 Å². The third-order valence-corrected chi connectivity index (χ3v) is 4.00. The SMILES string of the molecule is CCC(C(=O)O)n1c(-c2ccc(Cl)cc2)nc2cc(C)cnc21. The first kappa shape index (κ1) is 15.5. The lowest BCUT2D eigenvalue weighted by atomic mass is 10.1. The second-order valence-electron chi connectivity index (χ2n) is 5.43. The number of halogens is 1. The topological polar surface area (TPSA) is 68.0 Å². The van der Waals surface area contributed by atoms with E-state index in [-0.39, 0.29) is 0 Å². The third kappa shape index (κ3) is 2.80. The van der Waals surface area contributed by atoms with Crippen LogP contribution < -0.4 is 0 Å². The van der Waals surface area contributed by atoms with E-state index in [1.165, 1.54) is 0 Å². The molecule has 0 aliphatic rings. The van der Waals surface area contributed by atoms with Crippen LogP contribution in [-0.2, 0) is 4.79 Å².